The molecule has 9 heteroatoms. The first-order chi connectivity index (χ1) is 13.3. The Morgan fingerprint density at radius 2 is 1.96 bits per heavy atom. The second-order valence-electron chi connectivity index (χ2n) is 6.84. The topological polar surface area (TPSA) is 102 Å². The van der Waals surface area contributed by atoms with Gasteiger partial charge in [-0.2, -0.15) is 15.3 Å². The van der Waals surface area contributed by atoms with Gasteiger partial charge in [0.25, 0.3) is 11.5 Å². The van der Waals surface area contributed by atoms with E-state index in [0.717, 1.165) is 11.3 Å². The van der Waals surface area contributed by atoms with Crippen molar-refractivity contribution in [2.24, 2.45) is 17.3 Å². The van der Waals surface area contributed by atoms with E-state index in [1.165, 1.54) is 16.0 Å². The molecular weight excluding hydrogens is 376 g/mol. The zero-order valence-corrected chi connectivity index (χ0v) is 17.2. The Morgan fingerprint density at radius 3 is 2.61 bits per heavy atom. The number of aryl methyl sites for hydroxylation is 3. The minimum Gasteiger partial charge on any atom is -0.351 e. The Hall–Kier alpha value is -2.86. The third-order valence-corrected chi connectivity index (χ3v) is 5.98. The van der Waals surface area contributed by atoms with Crippen LogP contribution >= 0.6 is 11.3 Å². The lowest BCUT2D eigenvalue weighted by atomic mass is 10.0. The summed E-state index contributed by atoms with van der Waals surface area (Å²) in [6.45, 7) is 5.89. The quantitative estimate of drug-likeness (QED) is 0.724. The highest BCUT2D eigenvalue weighted by Gasteiger charge is 2.38. The standard InChI is InChI=1S/C19H22N6O2S/c1-6-7-8-19(23-24-19)9-10-20-16(26)15-13(4)21-17(28-15)14-11(2)12(3)22-25(5)18(14)27/h1H,7-10H2,2-5H3,(H,20,26). The van der Waals surface area contributed by atoms with E-state index in [4.69, 9.17) is 6.42 Å². The van der Waals surface area contributed by atoms with Gasteiger partial charge in [0.15, 0.2) is 5.66 Å². The zero-order chi connectivity index (χ0) is 20.5. The van der Waals surface area contributed by atoms with Crippen LogP contribution in [0.5, 0.6) is 0 Å². The van der Waals surface area contributed by atoms with Gasteiger partial charge in [0, 0.05) is 32.9 Å². The zero-order valence-electron chi connectivity index (χ0n) is 16.4. The van der Waals surface area contributed by atoms with Gasteiger partial charge in [-0.1, -0.05) is 0 Å². The number of rotatable bonds is 7. The van der Waals surface area contributed by atoms with Crippen molar-refractivity contribution in [2.45, 2.75) is 45.7 Å². The Kier molecular flexibility index (Phi) is 5.42. The Morgan fingerprint density at radius 1 is 1.25 bits per heavy atom. The average molecular weight is 398 g/mol. The van der Waals surface area contributed by atoms with Crippen molar-refractivity contribution in [3.05, 3.63) is 32.2 Å². The number of carbonyl (C=O) groups is 1. The van der Waals surface area contributed by atoms with Crippen LogP contribution in [0.1, 0.15) is 45.9 Å². The van der Waals surface area contributed by atoms with Crippen LogP contribution in [-0.4, -0.2) is 32.9 Å². The first-order valence-electron chi connectivity index (χ1n) is 8.96. The number of hydrogen-bond acceptors (Lipinski definition) is 7. The molecule has 0 saturated carbocycles. The van der Waals surface area contributed by atoms with Gasteiger partial charge in [-0.05, 0) is 26.3 Å². The van der Waals surface area contributed by atoms with Crippen molar-refractivity contribution in [1.82, 2.24) is 20.1 Å². The molecule has 0 aromatic carbocycles. The number of thiazole rings is 1. The molecule has 1 aliphatic rings. The summed E-state index contributed by atoms with van der Waals surface area (Å²) < 4.78 is 1.30. The molecule has 2 aromatic heterocycles. The summed E-state index contributed by atoms with van der Waals surface area (Å²) in [4.78, 5) is 30.1. The third kappa shape index (κ3) is 3.87. The predicted octanol–water partition coefficient (Wildman–Crippen LogP) is 2.52. The first kappa shape index (κ1) is 19.9. The van der Waals surface area contributed by atoms with Gasteiger partial charge in [-0.15, -0.1) is 23.7 Å². The summed E-state index contributed by atoms with van der Waals surface area (Å²) in [5.41, 5.74) is 1.96. The van der Waals surface area contributed by atoms with E-state index in [-0.39, 0.29) is 11.5 Å². The molecule has 3 heterocycles. The maximum atomic E-state index is 12.6. The lowest BCUT2D eigenvalue weighted by Crippen LogP contribution is -2.28. The number of nitrogens with one attached hydrogen (secondary N) is 1. The second-order valence-corrected chi connectivity index (χ2v) is 7.84. The van der Waals surface area contributed by atoms with Crippen molar-refractivity contribution in [2.75, 3.05) is 6.54 Å². The summed E-state index contributed by atoms with van der Waals surface area (Å²) in [6, 6.07) is 0. The number of amides is 1. The minimum atomic E-state index is -0.425. The van der Waals surface area contributed by atoms with Gasteiger partial charge in [0.2, 0.25) is 0 Å². The fraction of sp³-hybridized carbons (Fsp3) is 0.474. The van der Waals surface area contributed by atoms with E-state index in [1.807, 2.05) is 13.8 Å². The highest BCUT2D eigenvalue weighted by molar-refractivity contribution is 7.17. The molecule has 2 aromatic rings. The summed E-state index contributed by atoms with van der Waals surface area (Å²) in [7, 11) is 1.61. The normalized spacial score (nSPS) is 14.0. The van der Waals surface area contributed by atoms with E-state index in [1.54, 1.807) is 14.0 Å². The lowest BCUT2D eigenvalue weighted by Gasteiger charge is -2.09. The Bertz CT molecular complexity index is 1050. The van der Waals surface area contributed by atoms with E-state index < -0.39 is 5.66 Å². The van der Waals surface area contributed by atoms with Crippen molar-refractivity contribution in [1.29, 1.82) is 0 Å². The molecule has 0 aliphatic carbocycles. The van der Waals surface area contributed by atoms with Crippen LogP contribution in [0.25, 0.3) is 10.6 Å². The average Bonchev–Trinajstić information content (AvgIpc) is 3.32. The van der Waals surface area contributed by atoms with Crippen molar-refractivity contribution < 1.29 is 4.79 Å². The molecule has 0 radical (unpaired) electrons. The van der Waals surface area contributed by atoms with Crippen LogP contribution in [0.3, 0.4) is 0 Å². The summed E-state index contributed by atoms with van der Waals surface area (Å²) in [5.74, 6) is 2.37. The SMILES string of the molecule is C#CCCC1(CCNC(=O)c2sc(-c3c(C)c(C)nn(C)c3=O)nc2C)N=N1. The number of carbonyl (C=O) groups excluding carboxylic acids is 1. The molecule has 0 fully saturated rings. The van der Waals surface area contributed by atoms with E-state index >= 15 is 0 Å². The number of aromatic nitrogens is 3. The fourth-order valence-electron chi connectivity index (χ4n) is 2.94. The smallest absolute Gasteiger partial charge is 0.277 e. The van der Waals surface area contributed by atoms with Gasteiger partial charge < -0.3 is 5.32 Å². The van der Waals surface area contributed by atoms with Crippen molar-refractivity contribution in [3.8, 4) is 22.9 Å². The van der Waals surface area contributed by atoms with Gasteiger partial charge >= 0.3 is 0 Å². The predicted molar refractivity (Wildman–Crippen MR) is 107 cm³/mol. The maximum Gasteiger partial charge on any atom is 0.277 e. The molecule has 1 amide bonds. The van der Waals surface area contributed by atoms with E-state index in [9.17, 15) is 9.59 Å². The van der Waals surface area contributed by atoms with E-state index in [2.05, 4.69) is 31.5 Å². The van der Waals surface area contributed by atoms with Crippen molar-refractivity contribution in [3.63, 3.8) is 0 Å². The first-order valence-corrected chi connectivity index (χ1v) is 9.77. The molecule has 1 aliphatic heterocycles. The highest BCUT2D eigenvalue weighted by atomic mass is 32.1. The van der Waals surface area contributed by atoms with Gasteiger partial charge in [-0.25, -0.2) is 9.67 Å². The molecule has 0 bridgehead atoms. The summed E-state index contributed by atoms with van der Waals surface area (Å²) in [5, 5.41) is 15.7. The molecule has 1 N–H and O–H groups in total. The molecule has 0 spiro atoms. The molecular formula is C19H22N6O2S. The molecule has 28 heavy (non-hydrogen) atoms. The van der Waals surface area contributed by atoms with Crippen LogP contribution in [0.15, 0.2) is 15.0 Å². The number of hydrogen-bond donors (Lipinski definition) is 1. The Labute approximate surface area is 167 Å². The minimum absolute atomic E-state index is 0.214. The van der Waals surface area contributed by atoms with Gasteiger partial charge in [0.05, 0.1) is 17.0 Å². The van der Waals surface area contributed by atoms with Crippen LogP contribution in [0.2, 0.25) is 0 Å². The highest BCUT2D eigenvalue weighted by Crippen LogP contribution is 2.36. The molecule has 0 unspecified atom stereocenters. The molecule has 0 atom stereocenters. The lowest BCUT2D eigenvalue weighted by molar-refractivity contribution is 0.0955. The largest absolute Gasteiger partial charge is 0.351 e. The Balaban J connectivity index is 1.74. The second kappa shape index (κ2) is 7.64. The monoisotopic (exact) mass is 398 g/mol. The van der Waals surface area contributed by atoms with E-state index in [0.29, 0.717) is 46.9 Å². The van der Waals surface area contributed by atoms with Gasteiger partial charge in [-0.3, -0.25) is 9.59 Å². The summed E-state index contributed by atoms with van der Waals surface area (Å²) in [6.07, 6.45) is 7.22. The fourth-order valence-corrected chi connectivity index (χ4v) is 4.02. The maximum absolute atomic E-state index is 12.6. The van der Waals surface area contributed by atoms with Crippen molar-refractivity contribution >= 4 is 17.2 Å². The summed E-state index contributed by atoms with van der Waals surface area (Å²) >= 11 is 1.22. The molecule has 3 rings (SSSR count). The van der Waals surface area contributed by atoms with Gasteiger partial charge in [0.1, 0.15) is 9.88 Å². The van der Waals surface area contributed by atoms with Crippen LogP contribution in [-0.2, 0) is 7.05 Å². The molecule has 8 nitrogen and oxygen atoms in total. The molecule has 146 valence electrons. The number of nitrogens with zero attached hydrogens (tertiary/aromatic N) is 5. The third-order valence-electron chi connectivity index (χ3n) is 4.81. The van der Waals surface area contributed by atoms with Crippen LogP contribution in [0.4, 0.5) is 0 Å². The van der Waals surface area contributed by atoms with Crippen LogP contribution < -0.4 is 10.9 Å². The number of terminal acetylenes is 1. The van der Waals surface area contributed by atoms with Crippen LogP contribution in [0, 0.1) is 33.1 Å². The molecule has 0 saturated heterocycles.